The molecule has 0 aliphatic heterocycles. The van der Waals surface area contributed by atoms with Crippen LogP contribution in [0.1, 0.15) is 32.2 Å². The molecule has 0 spiro atoms. The van der Waals surface area contributed by atoms with Gasteiger partial charge in [0.25, 0.3) is 0 Å². The smallest absolute Gasteiger partial charge is 0.232 e. The standard InChI is InChI=1S/C15H17N3O2S.C13H13N3O2S/c1-3-18-14(11-16)9-10-15(18)12-5-7-13(8-6-12)17-21(19,20)4-2;1-2-19(17,18)16-11-5-3-10(4-6-11)13-8-7-12(9-14)15-13/h5-10,17H,3-4H2,1-2H3;3-8,15-16H,2H2,1H3. The highest BCUT2D eigenvalue weighted by atomic mass is 32.2. The Balaban J connectivity index is 0.000000222. The predicted molar refractivity (Wildman–Crippen MR) is 157 cm³/mol. The average Bonchev–Trinajstić information content (AvgIpc) is 3.61. The van der Waals surface area contributed by atoms with Crippen molar-refractivity contribution in [2.75, 3.05) is 20.9 Å². The topological polar surface area (TPSA) is 161 Å². The number of hydrogen-bond acceptors (Lipinski definition) is 6. The van der Waals surface area contributed by atoms with Crippen LogP contribution in [0.15, 0.2) is 72.8 Å². The summed E-state index contributed by atoms with van der Waals surface area (Å²) in [6, 6.07) is 25.5. The van der Waals surface area contributed by atoms with Crippen LogP contribution >= 0.6 is 0 Å². The van der Waals surface area contributed by atoms with Crippen molar-refractivity contribution in [1.29, 1.82) is 10.5 Å². The van der Waals surface area contributed by atoms with E-state index in [0.29, 0.717) is 29.3 Å². The molecule has 4 rings (SSSR count). The third-order valence-corrected chi connectivity index (χ3v) is 8.51. The summed E-state index contributed by atoms with van der Waals surface area (Å²) >= 11 is 0. The predicted octanol–water partition coefficient (Wildman–Crippen LogP) is 5.12. The van der Waals surface area contributed by atoms with Crippen LogP contribution in [0.2, 0.25) is 0 Å². The first kappa shape index (κ1) is 30.0. The zero-order valence-corrected chi connectivity index (χ0v) is 24.0. The number of anilines is 2. The number of benzene rings is 2. The fourth-order valence-corrected chi connectivity index (χ4v) is 5.00. The Kier molecular flexibility index (Phi) is 9.78. The molecule has 0 atom stereocenters. The molecular weight excluding hydrogens is 548 g/mol. The maximum Gasteiger partial charge on any atom is 0.232 e. The van der Waals surface area contributed by atoms with Crippen molar-refractivity contribution in [3.63, 3.8) is 0 Å². The Labute approximate surface area is 235 Å². The molecule has 208 valence electrons. The third-order valence-electron chi connectivity index (χ3n) is 5.90. The van der Waals surface area contributed by atoms with Gasteiger partial charge in [0.2, 0.25) is 20.0 Å². The second-order valence-electron chi connectivity index (χ2n) is 8.52. The van der Waals surface area contributed by atoms with Gasteiger partial charge in [0, 0.05) is 29.3 Å². The Bertz CT molecular complexity index is 1740. The van der Waals surface area contributed by atoms with Crippen molar-refractivity contribution >= 4 is 31.4 Å². The zero-order valence-electron chi connectivity index (χ0n) is 22.3. The lowest BCUT2D eigenvalue weighted by atomic mass is 10.1. The molecule has 3 N–H and O–H groups in total. The maximum atomic E-state index is 11.5. The van der Waals surface area contributed by atoms with E-state index in [9.17, 15) is 16.8 Å². The number of sulfonamides is 2. The number of nitrogens with one attached hydrogen (secondary N) is 3. The van der Waals surface area contributed by atoms with Gasteiger partial charge in [0.05, 0.1) is 11.5 Å². The molecule has 12 heteroatoms. The molecule has 40 heavy (non-hydrogen) atoms. The van der Waals surface area contributed by atoms with Crippen LogP contribution in [-0.4, -0.2) is 37.9 Å². The van der Waals surface area contributed by atoms with Crippen LogP contribution in [0.5, 0.6) is 0 Å². The number of aromatic nitrogens is 2. The largest absolute Gasteiger partial charge is 0.346 e. The highest BCUT2D eigenvalue weighted by Gasteiger charge is 2.10. The maximum absolute atomic E-state index is 11.5. The molecule has 2 aromatic heterocycles. The molecule has 10 nitrogen and oxygen atoms in total. The summed E-state index contributed by atoms with van der Waals surface area (Å²) in [5, 5.41) is 17.8. The number of hydrogen-bond donors (Lipinski definition) is 3. The summed E-state index contributed by atoms with van der Waals surface area (Å²) in [7, 11) is -6.51. The summed E-state index contributed by atoms with van der Waals surface area (Å²) in [4.78, 5) is 2.96. The highest BCUT2D eigenvalue weighted by Crippen LogP contribution is 2.25. The molecule has 0 aliphatic carbocycles. The highest BCUT2D eigenvalue weighted by molar-refractivity contribution is 7.92. The van der Waals surface area contributed by atoms with Gasteiger partial charge < -0.3 is 9.55 Å². The SMILES string of the molecule is CCS(=O)(=O)Nc1ccc(-c2ccc(C#N)[nH]2)cc1.CCn1c(C#N)ccc1-c1ccc(NS(=O)(=O)CC)cc1. The Morgan fingerprint density at radius 1 is 0.700 bits per heavy atom. The number of rotatable bonds is 9. The number of nitrogens with zero attached hydrogens (tertiary/aromatic N) is 3. The minimum atomic E-state index is -3.26. The van der Waals surface area contributed by atoms with Crippen LogP contribution in [0, 0.1) is 22.7 Å². The molecule has 2 aromatic carbocycles. The van der Waals surface area contributed by atoms with Gasteiger partial charge >= 0.3 is 0 Å². The van der Waals surface area contributed by atoms with Gasteiger partial charge in [-0.3, -0.25) is 9.44 Å². The molecule has 4 aromatic rings. The lowest BCUT2D eigenvalue weighted by Gasteiger charge is -2.10. The quantitative estimate of drug-likeness (QED) is 0.250. The molecule has 0 amide bonds. The van der Waals surface area contributed by atoms with Gasteiger partial charge in [-0.25, -0.2) is 16.8 Å². The summed E-state index contributed by atoms with van der Waals surface area (Å²) in [5.41, 5.74) is 5.77. The van der Waals surface area contributed by atoms with E-state index in [-0.39, 0.29) is 11.5 Å². The van der Waals surface area contributed by atoms with E-state index >= 15 is 0 Å². The van der Waals surface area contributed by atoms with Crippen molar-refractivity contribution in [2.45, 2.75) is 27.3 Å². The Hall–Kier alpha value is -4.52. The van der Waals surface area contributed by atoms with Crippen molar-refractivity contribution < 1.29 is 16.8 Å². The fraction of sp³-hybridized carbons (Fsp3) is 0.214. The van der Waals surface area contributed by atoms with Gasteiger partial charge in [-0.05, 0) is 80.4 Å². The van der Waals surface area contributed by atoms with E-state index in [1.807, 2.05) is 41.8 Å². The van der Waals surface area contributed by atoms with Crippen LogP contribution in [-0.2, 0) is 26.6 Å². The minimum Gasteiger partial charge on any atom is -0.346 e. The van der Waals surface area contributed by atoms with E-state index in [1.54, 1.807) is 62.4 Å². The van der Waals surface area contributed by atoms with Crippen molar-refractivity contribution in [1.82, 2.24) is 9.55 Å². The van der Waals surface area contributed by atoms with Crippen molar-refractivity contribution in [2.24, 2.45) is 0 Å². The number of nitriles is 2. The van der Waals surface area contributed by atoms with E-state index in [2.05, 4.69) is 20.5 Å². The van der Waals surface area contributed by atoms with Crippen LogP contribution < -0.4 is 9.44 Å². The molecule has 0 saturated carbocycles. The monoisotopic (exact) mass is 578 g/mol. The molecule has 0 saturated heterocycles. The van der Waals surface area contributed by atoms with Crippen LogP contribution in [0.25, 0.3) is 22.5 Å². The summed E-state index contributed by atoms with van der Waals surface area (Å²) in [6.07, 6.45) is 0. The Morgan fingerprint density at radius 2 is 1.23 bits per heavy atom. The summed E-state index contributed by atoms with van der Waals surface area (Å²) < 4.78 is 52.8. The van der Waals surface area contributed by atoms with Gasteiger partial charge in [0.1, 0.15) is 23.5 Å². The van der Waals surface area contributed by atoms with Crippen LogP contribution in [0.4, 0.5) is 11.4 Å². The van der Waals surface area contributed by atoms with E-state index in [1.165, 1.54) is 0 Å². The molecule has 0 unspecified atom stereocenters. The number of aromatic amines is 1. The lowest BCUT2D eigenvalue weighted by molar-refractivity contribution is 0.600. The molecule has 2 heterocycles. The van der Waals surface area contributed by atoms with Gasteiger partial charge in [0.15, 0.2) is 0 Å². The van der Waals surface area contributed by atoms with Gasteiger partial charge in [-0.2, -0.15) is 10.5 Å². The third kappa shape index (κ3) is 7.76. The van der Waals surface area contributed by atoms with Crippen molar-refractivity contribution in [3.05, 3.63) is 84.2 Å². The molecule has 0 radical (unpaired) electrons. The molecule has 0 bridgehead atoms. The average molecular weight is 579 g/mol. The lowest BCUT2D eigenvalue weighted by Crippen LogP contribution is -2.14. The van der Waals surface area contributed by atoms with Crippen LogP contribution in [0.3, 0.4) is 0 Å². The molecule has 0 fully saturated rings. The normalized spacial score (nSPS) is 11.0. The fourth-order valence-electron chi connectivity index (χ4n) is 3.72. The van der Waals surface area contributed by atoms with E-state index < -0.39 is 20.0 Å². The first-order chi connectivity index (χ1) is 19.0. The minimum absolute atomic E-state index is 0.0386. The number of H-pyrrole nitrogens is 1. The molecular formula is C28H30N6O4S2. The first-order valence-corrected chi connectivity index (χ1v) is 15.8. The first-order valence-electron chi connectivity index (χ1n) is 12.4. The Morgan fingerprint density at radius 3 is 1.65 bits per heavy atom. The van der Waals surface area contributed by atoms with Gasteiger partial charge in [-0.15, -0.1) is 0 Å². The van der Waals surface area contributed by atoms with E-state index in [4.69, 9.17) is 10.5 Å². The zero-order chi connectivity index (χ0) is 29.3. The van der Waals surface area contributed by atoms with Crippen molar-refractivity contribution in [3.8, 4) is 34.7 Å². The van der Waals surface area contributed by atoms with Gasteiger partial charge in [-0.1, -0.05) is 24.3 Å². The molecule has 0 aliphatic rings. The summed E-state index contributed by atoms with van der Waals surface area (Å²) in [5.74, 6) is 0.0792. The second-order valence-corrected chi connectivity index (χ2v) is 12.5. The summed E-state index contributed by atoms with van der Waals surface area (Å²) in [6.45, 7) is 5.86. The van der Waals surface area contributed by atoms with E-state index in [0.717, 1.165) is 22.5 Å². The second kappa shape index (κ2) is 13.0.